The number of Topliss-reactive ketones (excluding diaryl/α,β-unsaturated/α-hetero) is 4. The van der Waals surface area contributed by atoms with Gasteiger partial charge in [-0.1, -0.05) is 34.6 Å². The molecule has 0 bridgehead atoms. The van der Waals surface area contributed by atoms with E-state index >= 15 is 0 Å². The summed E-state index contributed by atoms with van der Waals surface area (Å²) >= 11 is 0. The number of allylic oxidation sites excluding steroid dienone is 2. The Balaban J connectivity index is 1.78. The van der Waals surface area contributed by atoms with Crippen molar-refractivity contribution in [3.8, 4) is 0 Å². The highest BCUT2D eigenvalue weighted by Gasteiger charge is 2.70. The molecule has 4 rings (SSSR count). The lowest BCUT2D eigenvalue weighted by atomic mass is 9.43. The summed E-state index contributed by atoms with van der Waals surface area (Å²) in [5.41, 5.74) is -2.38. The number of aliphatic hydroxyl groups is 1. The molecule has 0 amide bonds. The van der Waals surface area contributed by atoms with Gasteiger partial charge in [0.15, 0.2) is 11.6 Å². The highest BCUT2D eigenvalue weighted by molar-refractivity contribution is 6.16. The van der Waals surface area contributed by atoms with Crippen LogP contribution in [-0.2, 0) is 24.0 Å². The van der Waals surface area contributed by atoms with Crippen LogP contribution in [0.4, 0.5) is 0 Å². The van der Waals surface area contributed by atoms with Crippen molar-refractivity contribution >= 4 is 29.1 Å². The number of fused-ring (bicyclic) bond motifs is 4. The summed E-state index contributed by atoms with van der Waals surface area (Å²) in [6, 6.07) is 0. The predicted molar refractivity (Wildman–Crippen MR) is 136 cm³/mol. The van der Waals surface area contributed by atoms with Crippen molar-refractivity contribution < 1.29 is 34.2 Å². The zero-order valence-corrected chi connectivity index (χ0v) is 23.1. The predicted octanol–water partition coefficient (Wildman–Crippen LogP) is 4.26. The van der Waals surface area contributed by atoms with E-state index in [2.05, 4.69) is 0 Å². The molecule has 1 unspecified atom stereocenters. The van der Waals surface area contributed by atoms with Gasteiger partial charge in [-0.25, -0.2) is 4.79 Å². The van der Waals surface area contributed by atoms with Crippen molar-refractivity contribution in [2.45, 2.75) is 93.1 Å². The normalized spacial score (nSPS) is 39.2. The average molecular weight is 513 g/mol. The standard InChI is InChI=1S/C30H40O7/c1-15(10-17(31)11-16(2)26(36)37)18-12-23(35)30(7)25-19(32)13-21-27(3,4)22(34)8-9-28(21,5)24(25)20(33)14-29(18,30)6/h11,15,17-18,21,31H,8-10,12-14H2,1-7H3,(H,36,37)/t15-,17+,18-,21?,28+,29-,30+/m1/s1. The van der Waals surface area contributed by atoms with E-state index in [9.17, 15) is 29.1 Å². The van der Waals surface area contributed by atoms with Gasteiger partial charge in [0.1, 0.15) is 11.6 Å². The van der Waals surface area contributed by atoms with Crippen LogP contribution in [0.5, 0.6) is 0 Å². The minimum Gasteiger partial charge on any atom is -0.478 e. The van der Waals surface area contributed by atoms with E-state index in [1.165, 1.54) is 13.0 Å². The van der Waals surface area contributed by atoms with Gasteiger partial charge in [-0.3, -0.25) is 19.2 Å². The fourth-order valence-corrected chi connectivity index (χ4v) is 8.61. The van der Waals surface area contributed by atoms with Crippen molar-refractivity contribution in [2.24, 2.45) is 39.4 Å². The molecule has 7 nitrogen and oxygen atoms in total. The first kappa shape index (κ1) is 27.6. The van der Waals surface area contributed by atoms with Crippen LogP contribution in [0, 0.1) is 39.4 Å². The molecule has 0 aliphatic heterocycles. The van der Waals surface area contributed by atoms with Crippen LogP contribution in [0.25, 0.3) is 0 Å². The first-order valence-electron chi connectivity index (χ1n) is 13.4. The first-order chi connectivity index (χ1) is 16.9. The Morgan fingerprint density at radius 3 is 2.22 bits per heavy atom. The Bertz CT molecular complexity index is 1170. The maximum absolute atomic E-state index is 14.0. The average Bonchev–Trinajstić information content (AvgIpc) is 2.99. The molecule has 0 radical (unpaired) electrons. The number of hydrogen-bond acceptors (Lipinski definition) is 6. The second kappa shape index (κ2) is 8.55. The van der Waals surface area contributed by atoms with Gasteiger partial charge >= 0.3 is 5.97 Å². The minimum absolute atomic E-state index is 0.0466. The van der Waals surface area contributed by atoms with E-state index in [1.807, 2.05) is 41.5 Å². The Hall–Kier alpha value is -2.41. The summed E-state index contributed by atoms with van der Waals surface area (Å²) < 4.78 is 0. The zero-order chi connectivity index (χ0) is 27.9. The first-order valence-corrected chi connectivity index (χ1v) is 13.4. The van der Waals surface area contributed by atoms with Crippen molar-refractivity contribution in [3.05, 3.63) is 22.8 Å². The molecule has 0 aromatic heterocycles. The van der Waals surface area contributed by atoms with Crippen LogP contribution in [0.2, 0.25) is 0 Å². The molecule has 2 N–H and O–H groups in total. The van der Waals surface area contributed by atoms with Gasteiger partial charge in [-0.15, -0.1) is 0 Å². The van der Waals surface area contributed by atoms with Crippen LogP contribution in [0.1, 0.15) is 87.0 Å². The summed E-state index contributed by atoms with van der Waals surface area (Å²) in [6.07, 6.45) is 1.89. The quantitative estimate of drug-likeness (QED) is 0.527. The largest absolute Gasteiger partial charge is 0.478 e. The molecule has 0 heterocycles. The number of carbonyl (C=O) groups excluding carboxylic acids is 4. The molecule has 37 heavy (non-hydrogen) atoms. The number of ketones is 4. The lowest BCUT2D eigenvalue weighted by Crippen LogP contribution is -2.59. The van der Waals surface area contributed by atoms with Gasteiger partial charge in [-0.05, 0) is 55.9 Å². The van der Waals surface area contributed by atoms with E-state index in [0.29, 0.717) is 24.0 Å². The van der Waals surface area contributed by atoms with Crippen LogP contribution in [-0.4, -0.2) is 45.4 Å². The summed E-state index contributed by atoms with van der Waals surface area (Å²) in [4.78, 5) is 65.7. The Labute approximate surface area is 218 Å². The molecule has 0 saturated heterocycles. The highest BCUT2D eigenvalue weighted by atomic mass is 16.4. The van der Waals surface area contributed by atoms with E-state index < -0.39 is 33.7 Å². The topological polar surface area (TPSA) is 126 Å². The van der Waals surface area contributed by atoms with Gasteiger partial charge in [-0.2, -0.15) is 0 Å². The number of hydrogen-bond donors (Lipinski definition) is 2. The molecule has 2 saturated carbocycles. The second-order valence-corrected chi connectivity index (χ2v) is 13.3. The summed E-state index contributed by atoms with van der Waals surface area (Å²) in [6.45, 7) is 12.9. The third kappa shape index (κ3) is 3.67. The number of aliphatic carboxylic acids is 1. The van der Waals surface area contributed by atoms with E-state index in [4.69, 9.17) is 5.11 Å². The van der Waals surface area contributed by atoms with E-state index in [-0.39, 0.29) is 72.1 Å². The Morgan fingerprint density at radius 1 is 1.00 bits per heavy atom. The molecule has 7 heteroatoms. The maximum atomic E-state index is 14.0. The molecular weight excluding hydrogens is 472 g/mol. The molecule has 0 aromatic rings. The molecule has 0 aromatic carbocycles. The summed E-state index contributed by atoms with van der Waals surface area (Å²) in [5, 5.41) is 19.7. The van der Waals surface area contributed by atoms with Gasteiger partial charge < -0.3 is 10.2 Å². The monoisotopic (exact) mass is 512 g/mol. The Kier molecular flexibility index (Phi) is 6.38. The minimum atomic E-state index is -1.12. The third-order valence-corrected chi connectivity index (χ3v) is 11.0. The highest BCUT2D eigenvalue weighted by Crippen LogP contribution is 2.69. The van der Waals surface area contributed by atoms with Crippen LogP contribution in [0.15, 0.2) is 22.8 Å². The van der Waals surface area contributed by atoms with Crippen molar-refractivity contribution in [1.82, 2.24) is 0 Å². The molecule has 4 aliphatic rings. The molecule has 4 aliphatic carbocycles. The number of rotatable bonds is 5. The maximum Gasteiger partial charge on any atom is 0.331 e. The van der Waals surface area contributed by atoms with Crippen LogP contribution < -0.4 is 0 Å². The van der Waals surface area contributed by atoms with Crippen molar-refractivity contribution in [1.29, 1.82) is 0 Å². The number of carbonyl (C=O) groups is 5. The van der Waals surface area contributed by atoms with E-state index in [0.717, 1.165) is 0 Å². The van der Waals surface area contributed by atoms with Gasteiger partial charge in [0, 0.05) is 53.2 Å². The molecule has 202 valence electrons. The second-order valence-electron chi connectivity index (χ2n) is 13.3. The van der Waals surface area contributed by atoms with Crippen molar-refractivity contribution in [3.63, 3.8) is 0 Å². The van der Waals surface area contributed by atoms with Crippen molar-refractivity contribution in [2.75, 3.05) is 0 Å². The van der Waals surface area contributed by atoms with Gasteiger partial charge in [0.2, 0.25) is 0 Å². The number of carboxylic acid groups (broad SMARTS) is 1. The summed E-state index contributed by atoms with van der Waals surface area (Å²) in [7, 11) is 0. The molecular formula is C30H40O7. The molecule has 7 atom stereocenters. The summed E-state index contributed by atoms with van der Waals surface area (Å²) in [5.74, 6) is -2.06. The fraction of sp³-hybridized carbons (Fsp3) is 0.700. The van der Waals surface area contributed by atoms with Crippen LogP contribution >= 0.6 is 0 Å². The Morgan fingerprint density at radius 2 is 1.62 bits per heavy atom. The molecule has 2 fully saturated rings. The van der Waals surface area contributed by atoms with E-state index in [1.54, 1.807) is 0 Å². The third-order valence-electron chi connectivity index (χ3n) is 11.0. The number of aliphatic hydroxyl groups excluding tert-OH is 1. The smallest absolute Gasteiger partial charge is 0.331 e. The SMILES string of the molecule is CC(=C[C@@H](O)C[C@@H](C)[C@H]1CC(=O)[C@@]2(C)C3=C(C(=O)C[C@]12C)[C@@]1(C)CCC(=O)C(C)(C)C1CC3=O)C(=O)O. The van der Waals surface area contributed by atoms with Gasteiger partial charge in [0.25, 0.3) is 0 Å². The van der Waals surface area contributed by atoms with Crippen LogP contribution in [0.3, 0.4) is 0 Å². The lowest BCUT2D eigenvalue weighted by molar-refractivity contribution is -0.147. The fourth-order valence-electron chi connectivity index (χ4n) is 8.61. The van der Waals surface area contributed by atoms with Gasteiger partial charge in [0.05, 0.1) is 11.5 Å². The zero-order valence-electron chi connectivity index (χ0n) is 23.1. The lowest BCUT2D eigenvalue weighted by Gasteiger charge is -2.58. The molecule has 0 spiro atoms. The number of carboxylic acids is 1.